The fraction of sp³-hybridized carbons (Fsp3) is 0.389. The number of nitrogens with one attached hydrogen (secondary N) is 1. The number of aryl methyl sites for hydroxylation is 1. The first-order valence-electron chi connectivity index (χ1n) is 7.97. The molecule has 126 valence electrons. The summed E-state index contributed by atoms with van der Waals surface area (Å²) in [6, 6.07) is 7.58. The van der Waals surface area contributed by atoms with Crippen molar-refractivity contribution in [3.8, 4) is 0 Å². The van der Waals surface area contributed by atoms with Crippen LogP contribution >= 0.6 is 0 Å². The van der Waals surface area contributed by atoms with Gasteiger partial charge in [0.25, 0.3) is 0 Å². The summed E-state index contributed by atoms with van der Waals surface area (Å²) >= 11 is 0. The highest BCUT2D eigenvalue weighted by molar-refractivity contribution is 5.30. The summed E-state index contributed by atoms with van der Waals surface area (Å²) in [5, 5.41) is 0. The van der Waals surface area contributed by atoms with Gasteiger partial charge in [0.2, 0.25) is 0 Å². The maximum absolute atomic E-state index is 14.3. The minimum absolute atomic E-state index is 0.0255. The highest BCUT2D eigenvalue weighted by Gasteiger charge is 2.51. The Labute approximate surface area is 138 Å². The van der Waals surface area contributed by atoms with E-state index in [1.807, 2.05) is 25.3 Å². The van der Waals surface area contributed by atoms with Crippen LogP contribution in [0.15, 0.2) is 36.5 Å². The molecule has 3 heterocycles. The highest BCUT2D eigenvalue weighted by Crippen LogP contribution is 2.46. The quantitative estimate of drug-likeness (QED) is 0.917. The van der Waals surface area contributed by atoms with Gasteiger partial charge < -0.3 is 9.57 Å². The lowest BCUT2D eigenvalue weighted by Crippen LogP contribution is -2.50. The zero-order valence-corrected chi connectivity index (χ0v) is 13.3. The van der Waals surface area contributed by atoms with Gasteiger partial charge in [-0.25, -0.2) is 8.78 Å². The molecule has 2 saturated heterocycles. The summed E-state index contributed by atoms with van der Waals surface area (Å²) < 4.78 is 33.6. The van der Waals surface area contributed by atoms with Gasteiger partial charge in [0.1, 0.15) is 11.6 Å². The van der Waals surface area contributed by atoms with Crippen LogP contribution in [0.1, 0.15) is 29.3 Å². The second-order valence-electron chi connectivity index (χ2n) is 6.47. The van der Waals surface area contributed by atoms with E-state index in [0.29, 0.717) is 18.6 Å². The number of nitrogens with zero attached hydrogens (tertiary/aromatic N) is 1. The average Bonchev–Trinajstić information content (AvgIpc) is 2.99. The number of aromatic nitrogens is 1. The molecule has 0 unspecified atom stereocenters. The smallest absolute Gasteiger partial charge is 0.131 e. The summed E-state index contributed by atoms with van der Waals surface area (Å²) in [4.78, 5) is 9.74. The predicted molar refractivity (Wildman–Crippen MR) is 82.9 cm³/mol. The predicted octanol–water partition coefficient (Wildman–Crippen LogP) is 3.18. The molecule has 6 heteroatoms. The van der Waals surface area contributed by atoms with Crippen LogP contribution in [0.2, 0.25) is 0 Å². The summed E-state index contributed by atoms with van der Waals surface area (Å²) in [5.74, 6) is -1.15. The van der Waals surface area contributed by atoms with Crippen LogP contribution in [0.3, 0.4) is 0 Å². The lowest BCUT2D eigenvalue weighted by molar-refractivity contribution is -0.0711. The Bertz CT molecular complexity index is 753. The van der Waals surface area contributed by atoms with Crippen molar-refractivity contribution in [2.24, 2.45) is 5.92 Å². The van der Waals surface area contributed by atoms with Crippen LogP contribution in [-0.2, 0) is 15.1 Å². The van der Waals surface area contributed by atoms with Gasteiger partial charge in [-0.15, -0.1) is 0 Å². The van der Waals surface area contributed by atoms with E-state index < -0.39 is 17.2 Å². The maximum atomic E-state index is 14.3. The first-order chi connectivity index (χ1) is 11.6. The molecule has 4 nitrogen and oxygen atoms in total. The molecule has 1 N–H and O–H groups in total. The third kappa shape index (κ3) is 2.51. The molecule has 2 fully saturated rings. The fourth-order valence-corrected chi connectivity index (χ4v) is 3.58. The van der Waals surface area contributed by atoms with E-state index >= 15 is 0 Å². The van der Waals surface area contributed by atoms with Gasteiger partial charge in [0.05, 0.1) is 24.9 Å². The van der Waals surface area contributed by atoms with Crippen molar-refractivity contribution in [2.75, 3.05) is 13.2 Å². The molecule has 1 aromatic carbocycles. The molecule has 0 radical (unpaired) electrons. The van der Waals surface area contributed by atoms with Gasteiger partial charge in [-0.2, -0.15) is 5.48 Å². The molecule has 4 rings (SSSR count). The van der Waals surface area contributed by atoms with Gasteiger partial charge in [0, 0.05) is 29.4 Å². The maximum Gasteiger partial charge on any atom is 0.131 e. The minimum Gasteiger partial charge on any atom is -0.371 e. The average molecular weight is 332 g/mol. The second kappa shape index (κ2) is 5.88. The monoisotopic (exact) mass is 332 g/mol. The number of hydrogen-bond donors (Lipinski definition) is 1. The molecule has 2 aromatic rings. The molecule has 3 atom stereocenters. The Morgan fingerprint density at radius 3 is 2.88 bits per heavy atom. The van der Waals surface area contributed by atoms with Crippen LogP contribution in [0, 0.1) is 24.5 Å². The molecule has 2 aliphatic heterocycles. The molecule has 2 aliphatic rings. The van der Waals surface area contributed by atoms with E-state index in [2.05, 4.69) is 10.5 Å². The number of hydroxylamine groups is 1. The van der Waals surface area contributed by atoms with Crippen LogP contribution in [0.5, 0.6) is 0 Å². The highest BCUT2D eigenvalue weighted by atomic mass is 19.1. The molecule has 0 saturated carbocycles. The third-order valence-electron chi connectivity index (χ3n) is 4.96. The number of fused-ring (bicyclic) bond motifs is 1. The second-order valence-corrected chi connectivity index (χ2v) is 6.47. The summed E-state index contributed by atoms with van der Waals surface area (Å²) in [6.07, 6.45) is 2.38. The van der Waals surface area contributed by atoms with E-state index in [0.717, 1.165) is 17.3 Å². The molecule has 0 amide bonds. The number of pyridine rings is 1. The lowest BCUT2D eigenvalue weighted by Gasteiger charge is -2.41. The van der Waals surface area contributed by atoms with Crippen molar-refractivity contribution >= 4 is 0 Å². The Kier molecular flexibility index (Phi) is 3.83. The van der Waals surface area contributed by atoms with Crippen molar-refractivity contribution in [1.82, 2.24) is 10.5 Å². The number of hydrogen-bond acceptors (Lipinski definition) is 4. The first kappa shape index (κ1) is 15.6. The summed E-state index contributed by atoms with van der Waals surface area (Å²) in [7, 11) is 0. The van der Waals surface area contributed by atoms with Crippen molar-refractivity contribution in [2.45, 2.75) is 25.0 Å². The van der Waals surface area contributed by atoms with Crippen LogP contribution < -0.4 is 5.48 Å². The van der Waals surface area contributed by atoms with E-state index in [-0.39, 0.29) is 18.6 Å². The zero-order valence-electron chi connectivity index (χ0n) is 13.3. The Balaban J connectivity index is 1.63. The van der Waals surface area contributed by atoms with Crippen LogP contribution in [0.25, 0.3) is 0 Å². The van der Waals surface area contributed by atoms with Crippen LogP contribution in [-0.4, -0.2) is 18.2 Å². The molecule has 0 bridgehead atoms. The van der Waals surface area contributed by atoms with Gasteiger partial charge >= 0.3 is 0 Å². The molecule has 0 aliphatic carbocycles. The first-order valence-corrected chi connectivity index (χ1v) is 7.97. The largest absolute Gasteiger partial charge is 0.371 e. The topological polar surface area (TPSA) is 43.4 Å². The third-order valence-corrected chi connectivity index (χ3v) is 4.96. The van der Waals surface area contributed by atoms with E-state index in [4.69, 9.17) is 9.57 Å². The van der Waals surface area contributed by atoms with Crippen molar-refractivity contribution in [3.05, 3.63) is 65.0 Å². The van der Waals surface area contributed by atoms with Gasteiger partial charge in [0.15, 0.2) is 0 Å². The molecule has 24 heavy (non-hydrogen) atoms. The molecular weight excluding hydrogens is 314 g/mol. The van der Waals surface area contributed by atoms with Crippen molar-refractivity contribution < 1.29 is 18.4 Å². The summed E-state index contributed by atoms with van der Waals surface area (Å²) in [6.45, 7) is 2.64. The van der Waals surface area contributed by atoms with E-state index in [1.165, 1.54) is 12.1 Å². The Morgan fingerprint density at radius 2 is 2.12 bits per heavy atom. The van der Waals surface area contributed by atoms with Crippen molar-refractivity contribution in [1.29, 1.82) is 0 Å². The number of halogens is 2. The SMILES string of the molecule is Cc1ccc([C@H]2C[C@H]3CON[C@@]3(c3ccc(F)cc3F)CO2)cn1. The Hall–Kier alpha value is -1.89. The van der Waals surface area contributed by atoms with Crippen LogP contribution in [0.4, 0.5) is 8.78 Å². The van der Waals surface area contributed by atoms with E-state index in [9.17, 15) is 8.78 Å². The molecule has 0 spiro atoms. The lowest BCUT2D eigenvalue weighted by atomic mass is 9.75. The Morgan fingerprint density at radius 1 is 1.25 bits per heavy atom. The molecule has 1 aromatic heterocycles. The van der Waals surface area contributed by atoms with E-state index in [1.54, 1.807) is 0 Å². The minimum atomic E-state index is -0.785. The van der Waals surface area contributed by atoms with Crippen molar-refractivity contribution in [3.63, 3.8) is 0 Å². The molecular formula is C18H18F2N2O2. The van der Waals surface area contributed by atoms with Gasteiger partial charge in [-0.3, -0.25) is 4.98 Å². The summed E-state index contributed by atoms with van der Waals surface area (Å²) in [5.41, 5.74) is 4.47. The van der Waals surface area contributed by atoms with Gasteiger partial charge in [-0.1, -0.05) is 12.1 Å². The number of ether oxygens (including phenoxy) is 1. The zero-order chi connectivity index (χ0) is 16.7. The van der Waals surface area contributed by atoms with Gasteiger partial charge in [-0.05, 0) is 31.0 Å². The normalized spacial score (nSPS) is 29.5. The standard InChI is InChI=1S/C18H18F2N2O2/c1-11-2-3-12(8-21-11)17-6-13-9-24-22-18(13,10-23-17)15-5-4-14(19)7-16(15)20/h2-5,7-8,13,17,22H,6,9-10H2,1H3/t13-,17+,18-/m0/s1. The number of benzene rings is 1. The number of rotatable bonds is 2. The fourth-order valence-electron chi connectivity index (χ4n) is 3.58.